The van der Waals surface area contributed by atoms with Gasteiger partial charge in [0.2, 0.25) is 6.10 Å². The lowest BCUT2D eigenvalue weighted by Gasteiger charge is -2.47. The summed E-state index contributed by atoms with van der Waals surface area (Å²) in [5, 5.41) is 0.520. The molecule has 3 aromatic carbocycles. The van der Waals surface area contributed by atoms with Gasteiger partial charge in [-0.3, -0.25) is 9.69 Å². The molecule has 4 rings (SSSR count). The Balaban J connectivity index is 1.77. The van der Waals surface area contributed by atoms with Gasteiger partial charge < -0.3 is 14.2 Å². The lowest BCUT2D eigenvalue weighted by Crippen LogP contribution is -2.61. The van der Waals surface area contributed by atoms with Gasteiger partial charge in [-0.2, -0.15) is 13.2 Å². The number of rotatable bonds is 6. The largest absolute Gasteiger partial charge is 0.493 e. The summed E-state index contributed by atoms with van der Waals surface area (Å²) in [4.78, 5) is 14.5. The zero-order valence-electron chi connectivity index (χ0n) is 18.5. The first kappa shape index (κ1) is 23.8. The highest BCUT2D eigenvalue weighted by molar-refractivity contribution is 6.30. The molecule has 0 aromatic heterocycles. The molecule has 0 saturated carbocycles. The lowest BCUT2D eigenvalue weighted by molar-refractivity contribution is -0.138. The first-order valence-corrected chi connectivity index (χ1v) is 10.7. The van der Waals surface area contributed by atoms with Gasteiger partial charge in [0.25, 0.3) is 5.91 Å². The zero-order valence-corrected chi connectivity index (χ0v) is 19.3. The first-order valence-electron chi connectivity index (χ1n) is 10.3. The Labute approximate surface area is 199 Å². The molecule has 178 valence electrons. The molecule has 9 heteroatoms. The highest BCUT2D eigenvalue weighted by Gasteiger charge is 2.51. The quantitative estimate of drug-likeness (QED) is 0.384. The molecular formula is C25H21ClF3NO4. The average molecular weight is 492 g/mol. The molecule has 0 aliphatic carbocycles. The summed E-state index contributed by atoms with van der Waals surface area (Å²) in [5.74, 6) is 0.892. The number of benzene rings is 3. The molecule has 1 aliphatic heterocycles. The highest BCUT2D eigenvalue weighted by Crippen LogP contribution is 2.45. The summed E-state index contributed by atoms with van der Waals surface area (Å²) in [5.41, 5.74) is 0.615. The van der Waals surface area contributed by atoms with Crippen LogP contribution in [0.5, 0.6) is 17.2 Å². The highest BCUT2D eigenvalue weighted by atomic mass is 35.5. The number of carbonyl (C=O) groups excluding carboxylic acids is 1. The number of halogens is 4. The van der Waals surface area contributed by atoms with Crippen molar-refractivity contribution in [3.05, 3.63) is 82.4 Å². The Morgan fingerprint density at radius 3 is 2.26 bits per heavy atom. The number of hydrogen-bond acceptors (Lipinski definition) is 4. The van der Waals surface area contributed by atoms with Crippen LogP contribution in [-0.2, 0) is 11.0 Å². The van der Waals surface area contributed by atoms with Crippen molar-refractivity contribution in [2.24, 2.45) is 0 Å². The minimum absolute atomic E-state index is 0.118. The topological polar surface area (TPSA) is 48.0 Å². The van der Waals surface area contributed by atoms with Gasteiger partial charge in [-0.1, -0.05) is 23.7 Å². The van der Waals surface area contributed by atoms with Gasteiger partial charge in [-0.15, -0.1) is 0 Å². The molecule has 1 amide bonds. The maximum absolute atomic E-state index is 13.3. The SMILES string of the molecule is COc1ccc([C@H]2[C@@H](Oc3ccc(Cl)cc3C)C(=O)N2c2cccc(C(F)(F)F)c2)cc1OC. The minimum Gasteiger partial charge on any atom is -0.493 e. The molecule has 0 N–H and O–H groups in total. The second-order valence-corrected chi connectivity index (χ2v) is 8.20. The van der Waals surface area contributed by atoms with Crippen LogP contribution >= 0.6 is 11.6 Å². The fourth-order valence-electron chi connectivity index (χ4n) is 3.94. The third kappa shape index (κ3) is 4.37. The number of aryl methyl sites for hydroxylation is 1. The van der Waals surface area contributed by atoms with E-state index in [-0.39, 0.29) is 5.69 Å². The molecule has 0 unspecified atom stereocenters. The van der Waals surface area contributed by atoms with Crippen molar-refractivity contribution in [1.82, 2.24) is 0 Å². The predicted octanol–water partition coefficient (Wildman–Crippen LogP) is 6.22. The third-order valence-corrected chi connectivity index (χ3v) is 5.87. The Morgan fingerprint density at radius 1 is 0.912 bits per heavy atom. The van der Waals surface area contributed by atoms with E-state index in [1.54, 1.807) is 43.3 Å². The smallest absolute Gasteiger partial charge is 0.416 e. The molecule has 1 aliphatic rings. The van der Waals surface area contributed by atoms with E-state index in [0.717, 1.165) is 17.7 Å². The molecule has 1 heterocycles. The van der Waals surface area contributed by atoms with Gasteiger partial charge in [0, 0.05) is 10.7 Å². The summed E-state index contributed by atoms with van der Waals surface area (Å²) in [7, 11) is 2.97. The second-order valence-electron chi connectivity index (χ2n) is 7.76. The Morgan fingerprint density at radius 2 is 1.62 bits per heavy atom. The molecular weight excluding hydrogens is 471 g/mol. The standard InChI is InChI=1S/C25H21ClF3NO4/c1-14-11-17(26)8-10-19(14)34-23-22(15-7-9-20(32-2)21(12-15)33-3)30(24(23)31)18-6-4-5-16(13-18)25(27,28)29/h4-13,22-23H,1-3H3/t22-,23+/m0/s1. The molecule has 0 radical (unpaired) electrons. The maximum Gasteiger partial charge on any atom is 0.416 e. The number of hydrogen-bond donors (Lipinski definition) is 0. The van der Waals surface area contributed by atoms with Crippen molar-refractivity contribution >= 4 is 23.2 Å². The van der Waals surface area contributed by atoms with Crippen molar-refractivity contribution in [1.29, 1.82) is 0 Å². The van der Waals surface area contributed by atoms with Crippen molar-refractivity contribution in [3.63, 3.8) is 0 Å². The van der Waals surface area contributed by atoms with Gasteiger partial charge in [-0.25, -0.2) is 0 Å². The van der Waals surface area contributed by atoms with E-state index in [0.29, 0.717) is 27.8 Å². The van der Waals surface area contributed by atoms with Crippen molar-refractivity contribution < 1.29 is 32.2 Å². The summed E-state index contributed by atoms with van der Waals surface area (Å²) in [6, 6.07) is 14.0. The van der Waals surface area contributed by atoms with Crippen LogP contribution in [0.2, 0.25) is 5.02 Å². The summed E-state index contributed by atoms with van der Waals surface area (Å²) in [6.07, 6.45) is -5.51. The molecule has 1 fully saturated rings. The Kier molecular flexibility index (Phi) is 6.36. The van der Waals surface area contributed by atoms with Crippen LogP contribution in [-0.4, -0.2) is 26.2 Å². The van der Waals surface area contributed by atoms with Crippen molar-refractivity contribution in [2.45, 2.75) is 25.2 Å². The summed E-state index contributed by atoms with van der Waals surface area (Å²) >= 11 is 6.02. The molecule has 2 atom stereocenters. The molecule has 5 nitrogen and oxygen atoms in total. The number of carbonyl (C=O) groups is 1. The number of β-lactam (4-membered cyclic amide) rings is 1. The molecule has 0 bridgehead atoms. The van der Waals surface area contributed by atoms with E-state index in [1.165, 1.54) is 31.3 Å². The number of nitrogens with zero attached hydrogens (tertiary/aromatic N) is 1. The van der Waals surface area contributed by atoms with Crippen LogP contribution in [0.4, 0.5) is 18.9 Å². The molecule has 0 spiro atoms. The predicted molar refractivity (Wildman–Crippen MR) is 122 cm³/mol. The van der Waals surface area contributed by atoms with Crippen LogP contribution in [0, 0.1) is 6.92 Å². The van der Waals surface area contributed by atoms with E-state index < -0.39 is 29.8 Å². The monoisotopic (exact) mass is 491 g/mol. The Bertz CT molecular complexity index is 1230. The van der Waals surface area contributed by atoms with Gasteiger partial charge in [0.15, 0.2) is 11.5 Å². The van der Waals surface area contributed by atoms with Gasteiger partial charge in [0.1, 0.15) is 11.8 Å². The molecule has 3 aromatic rings. The van der Waals surface area contributed by atoms with Crippen LogP contribution in [0.15, 0.2) is 60.7 Å². The van der Waals surface area contributed by atoms with E-state index in [1.807, 2.05) is 0 Å². The first-order chi connectivity index (χ1) is 16.1. The number of ether oxygens (including phenoxy) is 3. The minimum atomic E-state index is -4.54. The fraction of sp³-hybridized carbons (Fsp3) is 0.240. The van der Waals surface area contributed by atoms with Crippen molar-refractivity contribution in [3.8, 4) is 17.2 Å². The Hall–Kier alpha value is -3.39. The van der Waals surface area contributed by atoms with E-state index >= 15 is 0 Å². The van der Waals surface area contributed by atoms with Gasteiger partial charge in [0.05, 0.1) is 19.8 Å². The van der Waals surface area contributed by atoms with E-state index in [9.17, 15) is 18.0 Å². The zero-order chi connectivity index (χ0) is 24.6. The fourth-order valence-corrected chi connectivity index (χ4v) is 4.17. The maximum atomic E-state index is 13.3. The van der Waals surface area contributed by atoms with Crippen molar-refractivity contribution in [2.75, 3.05) is 19.1 Å². The van der Waals surface area contributed by atoms with Crippen LogP contribution in [0.25, 0.3) is 0 Å². The number of anilines is 1. The van der Waals surface area contributed by atoms with Gasteiger partial charge >= 0.3 is 6.18 Å². The number of amides is 1. The van der Waals surface area contributed by atoms with E-state index in [2.05, 4.69) is 0 Å². The van der Waals surface area contributed by atoms with E-state index in [4.69, 9.17) is 25.8 Å². The van der Waals surface area contributed by atoms with Crippen LogP contribution < -0.4 is 19.1 Å². The lowest BCUT2D eigenvalue weighted by atomic mass is 9.89. The summed E-state index contributed by atoms with van der Waals surface area (Å²) in [6.45, 7) is 1.79. The molecule has 34 heavy (non-hydrogen) atoms. The number of alkyl halides is 3. The van der Waals surface area contributed by atoms with Crippen LogP contribution in [0.3, 0.4) is 0 Å². The third-order valence-electron chi connectivity index (χ3n) is 5.64. The average Bonchev–Trinajstić information content (AvgIpc) is 2.80. The normalized spacial score (nSPS) is 17.9. The summed E-state index contributed by atoms with van der Waals surface area (Å²) < 4.78 is 56.7. The van der Waals surface area contributed by atoms with Crippen LogP contribution in [0.1, 0.15) is 22.7 Å². The second kappa shape index (κ2) is 9.10. The van der Waals surface area contributed by atoms with Gasteiger partial charge in [-0.05, 0) is 66.6 Å². The number of methoxy groups -OCH3 is 2. The molecule has 1 saturated heterocycles.